The third kappa shape index (κ3) is 1.10. The molecule has 1 heterocycles. The summed E-state index contributed by atoms with van der Waals surface area (Å²) in [7, 11) is 0. The largest absolute Gasteiger partial charge is 0.398 e. The van der Waals surface area contributed by atoms with Crippen molar-refractivity contribution in [2.24, 2.45) is 0 Å². The van der Waals surface area contributed by atoms with E-state index in [1.54, 1.807) is 0 Å². The number of anilines is 1. The van der Waals surface area contributed by atoms with Crippen molar-refractivity contribution in [2.75, 3.05) is 5.73 Å². The first kappa shape index (κ1) is 7.68. The zero-order chi connectivity index (χ0) is 8.72. The third-order valence-electron chi connectivity index (χ3n) is 1.87. The second-order valence-electron chi connectivity index (χ2n) is 2.91. The van der Waals surface area contributed by atoms with E-state index in [9.17, 15) is 0 Å². The standard InChI is InChI=1S/C9H9BrN2/c1-5-2-7-8(11)3-6(10)4-9(7)12-5/h2-4,12H,11H2,1H3. The number of nitrogens with one attached hydrogen (secondary N) is 1. The van der Waals surface area contributed by atoms with Gasteiger partial charge in [0.2, 0.25) is 0 Å². The van der Waals surface area contributed by atoms with Gasteiger partial charge >= 0.3 is 0 Å². The van der Waals surface area contributed by atoms with Crippen LogP contribution in [-0.2, 0) is 0 Å². The van der Waals surface area contributed by atoms with E-state index in [-0.39, 0.29) is 0 Å². The molecule has 0 unspecified atom stereocenters. The Balaban J connectivity index is 2.88. The van der Waals surface area contributed by atoms with Gasteiger partial charge < -0.3 is 10.7 Å². The lowest BCUT2D eigenvalue weighted by Crippen LogP contribution is -1.84. The van der Waals surface area contributed by atoms with E-state index in [1.165, 1.54) is 0 Å². The summed E-state index contributed by atoms with van der Waals surface area (Å²) in [6.45, 7) is 2.02. The molecule has 12 heavy (non-hydrogen) atoms. The Kier molecular flexibility index (Phi) is 1.61. The van der Waals surface area contributed by atoms with Crippen molar-refractivity contribution < 1.29 is 0 Å². The quantitative estimate of drug-likeness (QED) is 0.665. The Morgan fingerprint density at radius 2 is 2.08 bits per heavy atom. The van der Waals surface area contributed by atoms with Gasteiger partial charge in [-0.3, -0.25) is 0 Å². The maximum atomic E-state index is 5.82. The second-order valence-corrected chi connectivity index (χ2v) is 3.82. The Morgan fingerprint density at radius 3 is 2.83 bits per heavy atom. The molecule has 2 rings (SSSR count). The molecule has 3 heteroatoms. The molecule has 0 spiro atoms. The van der Waals surface area contributed by atoms with Crippen molar-refractivity contribution in [3.8, 4) is 0 Å². The van der Waals surface area contributed by atoms with Gasteiger partial charge in [0.25, 0.3) is 0 Å². The highest BCUT2D eigenvalue weighted by atomic mass is 79.9. The minimum atomic E-state index is 0.809. The molecule has 0 aliphatic heterocycles. The summed E-state index contributed by atoms with van der Waals surface area (Å²) in [4.78, 5) is 3.23. The topological polar surface area (TPSA) is 41.8 Å². The summed E-state index contributed by atoms with van der Waals surface area (Å²) in [5.74, 6) is 0. The van der Waals surface area contributed by atoms with Crippen LogP contribution in [0.15, 0.2) is 22.7 Å². The van der Waals surface area contributed by atoms with Gasteiger partial charge in [-0.1, -0.05) is 15.9 Å². The molecule has 0 saturated carbocycles. The molecule has 0 aliphatic carbocycles. The number of hydrogen-bond acceptors (Lipinski definition) is 1. The number of fused-ring (bicyclic) bond motifs is 1. The van der Waals surface area contributed by atoms with Crippen molar-refractivity contribution in [1.82, 2.24) is 4.98 Å². The van der Waals surface area contributed by atoms with E-state index >= 15 is 0 Å². The van der Waals surface area contributed by atoms with Crippen LogP contribution in [0.2, 0.25) is 0 Å². The van der Waals surface area contributed by atoms with E-state index in [2.05, 4.69) is 27.0 Å². The molecule has 3 N–H and O–H groups in total. The van der Waals surface area contributed by atoms with Crippen molar-refractivity contribution in [2.45, 2.75) is 6.92 Å². The normalized spacial score (nSPS) is 10.8. The van der Waals surface area contributed by atoms with Gasteiger partial charge in [0.15, 0.2) is 0 Å². The first-order valence-corrected chi connectivity index (χ1v) is 4.50. The monoisotopic (exact) mass is 224 g/mol. The Bertz CT molecular complexity index is 431. The van der Waals surface area contributed by atoms with Crippen LogP contribution in [0.25, 0.3) is 10.9 Å². The molecule has 1 aromatic carbocycles. The fourth-order valence-electron chi connectivity index (χ4n) is 1.37. The molecule has 0 fully saturated rings. The van der Waals surface area contributed by atoms with Crippen molar-refractivity contribution >= 4 is 32.5 Å². The number of aromatic amines is 1. The van der Waals surface area contributed by atoms with Crippen LogP contribution >= 0.6 is 15.9 Å². The van der Waals surface area contributed by atoms with Gasteiger partial charge in [-0.15, -0.1) is 0 Å². The summed E-state index contributed by atoms with van der Waals surface area (Å²) in [5.41, 5.74) is 8.85. The van der Waals surface area contributed by atoms with E-state index in [4.69, 9.17) is 5.73 Å². The molecule has 1 aromatic heterocycles. The molecule has 62 valence electrons. The minimum absolute atomic E-state index is 0.809. The highest BCUT2D eigenvalue weighted by molar-refractivity contribution is 9.10. The van der Waals surface area contributed by atoms with Crippen LogP contribution in [0.3, 0.4) is 0 Å². The lowest BCUT2D eigenvalue weighted by Gasteiger charge is -1.96. The first-order chi connectivity index (χ1) is 5.66. The molecule has 0 radical (unpaired) electrons. The number of halogens is 1. The van der Waals surface area contributed by atoms with E-state index in [0.29, 0.717) is 0 Å². The number of benzene rings is 1. The number of hydrogen-bond donors (Lipinski definition) is 2. The highest BCUT2D eigenvalue weighted by Gasteiger charge is 2.01. The van der Waals surface area contributed by atoms with E-state index in [0.717, 1.165) is 26.8 Å². The predicted molar refractivity (Wildman–Crippen MR) is 55.1 cm³/mol. The smallest absolute Gasteiger partial charge is 0.0488 e. The molecule has 0 atom stereocenters. The number of H-pyrrole nitrogens is 1. The molecule has 2 nitrogen and oxygen atoms in total. The lowest BCUT2D eigenvalue weighted by molar-refractivity contribution is 1.30. The SMILES string of the molecule is Cc1cc2c(N)cc(Br)cc2[nH]1. The van der Waals surface area contributed by atoms with Crippen LogP contribution in [0.4, 0.5) is 5.69 Å². The average molecular weight is 225 g/mol. The summed E-state index contributed by atoms with van der Waals surface area (Å²) in [6.07, 6.45) is 0. The first-order valence-electron chi connectivity index (χ1n) is 3.71. The van der Waals surface area contributed by atoms with Crippen LogP contribution in [0.5, 0.6) is 0 Å². The molecule has 0 saturated heterocycles. The van der Waals surface area contributed by atoms with Crippen LogP contribution in [0, 0.1) is 6.92 Å². The predicted octanol–water partition coefficient (Wildman–Crippen LogP) is 2.82. The Labute approximate surface area is 78.9 Å². The number of nitrogens with two attached hydrogens (primary N) is 1. The van der Waals surface area contributed by atoms with Crippen molar-refractivity contribution in [3.05, 3.63) is 28.4 Å². The van der Waals surface area contributed by atoms with Gasteiger partial charge in [-0.05, 0) is 25.1 Å². The zero-order valence-electron chi connectivity index (χ0n) is 6.69. The third-order valence-corrected chi connectivity index (χ3v) is 2.33. The fourth-order valence-corrected chi connectivity index (χ4v) is 1.84. The highest BCUT2D eigenvalue weighted by Crippen LogP contribution is 2.26. The summed E-state index contributed by atoms with van der Waals surface area (Å²) < 4.78 is 1.01. The van der Waals surface area contributed by atoms with Crippen LogP contribution < -0.4 is 5.73 Å². The van der Waals surface area contributed by atoms with Gasteiger partial charge in [0.1, 0.15) is 0 Å². The number of aryl methyl sites for hydroxylation is 1. The molecular weight excluding hydrogens is 216 g/mol. The molecular formula is C9H9BrN2. The Hall–Kier alpha value is -0.960. The Morgan fingerprint density at radius 1 is 1.33 bits per heavy atom. The lowest BCUT2D eigenvalue weighted by atomic mass is 10.2. The zero-order valence-corrected chi connectivity index (χ0v) is 8.27. The van der Waals surface area contributed by atoms with E-state index < -0.39 is 0 Å². The van der Waals surface area contributed by atoms with E-state index in [1.807, 2.05) is 19.1 Å². The van der Waals surface area contributed by atoms with Gasteiger partial charge in [-0.25, -0.2) is 0 Å². The number of aromatic nitrogens is 1. The van der Waals surface area contributed by atoms with Gasteiger partial charge in [0, 0.05) is 26.8 Å². The van der Waals surface area contributed by atoms with Crippen molar-refractivity contribution in [1.29, 1.82) is 0 Å². The van der Waals surface area contributed by atoms with Gasteiger partial charge in [-0.2, -0.15) is 0 Å². The van der Waals surface area contributed by atoms with Crippen molar-refractivity contribution in [3.63, 3.8) is 0 Å². The summed E-state index contributed by atoms with van der Waals surface area (Å²) >= 11 is 3.39. The maximum absolute atomic E-state index is 5.82. The summed E-state index contributed by atoms with van der Waals surface area (Å²) in [6, 6.07) is 5.99. The minimum Gasteiger partial charge on any atom is -0.398 e. The number of nitrogen functional groups attached to an aromatic ring is 1. The molecule has 0 amide bonds. The summed E-state index contributed by atoms with van der Waals surface area (Å²) in [5, 5.41) is 1.09. The van der Waals surface area contributed by atoms with Crippen LogP contribution in [-0.4, -0.2) is 4.98 Å². The second kappa shape index (κ2) is 2.52. The molecule has 0 aliphatic rings. The average Bonchev–Trinajstić information content (AvgIpc) is 2.29. The van der Waals surface area contributed by atoms with Crippen LogP contribution in [0.1, 0.15) is 5.69 Å². The number of rotatable bonds is 0. The molecule has 0 bridgehead atoms. The maximum Gasteiger partial charge on any atom is 0.0488 e. The van der Waals surface area contributed by atoms with Gasteiger partial charge in [0.05, 0.1) is 0 Å². The fraction of sp³-hybridized carbons (Fsp3) is 0.111. The molecule has 2 aromatic rings.